The molecule has 106 valence electrons. The maximum Gasteiger partial charge on any atom is 0.204 e. The predicted molar refractivity (Wildman–Crippen MR) is 91.4 cm³/mol. The van der Waals surface area contributed by atoms with Crippen LogP contribution in [0.25, 0.3) is 10.2 Å². The smallest absolute Gasteiger partial charge is 0.204 e. The number of aryl methyl sites for hydroxylation is 1. The highest BCUT2D eigenvalue weighted by molar-refractivity contribution is 9.10. The van der Waals surface area contributed by atoms with Gasteiger partial charge in [0.2, 0.25) is 5.13 Å². The first kappa shape index (κ1) is 14.0. The SMILES string of the molecule is Cc1cccc2nc(N/N=C\c3ccc(O)c(Br)c3)sc12. The van der Waals surface area contributed by atoms with Gasteiger partial charge in [-0.2, -0.15) is 5.10 Å². The van der Waals surface area contributed by atoms with Crippen LogP contribution in [0.15, 0.2) is 46.0 Å². The lowest BCUT2D eigenvalue weighted by Gasteiger charge is -1.98. The van der Waals surface area contributed by atoms with Crippen molar-refractivity contribution in [1.82, 2.24) is 4.98 Å². The van der Waals surface area contributed by atoms with Crippen molar-refractivity contribution in [2.75, 3.05) is 5.43 Å². The van der Waals surface area contributed by atoms with E-state index >= 15 is 0 Å². The number of aromatic nitrogens is 1. The van der Waals surface area contributed by atoms with Crippen molar-refractivity contribution in [2.45, 2.75) is 6.92 Å². The van der Waals surface area contributed by atoms with E-state index in [2.05, 4.69) is 44.4 Å². The summed E-state index contributed by atoms with van der Waals surface area (Å²) in [7, 11) is 0. The minimum Gasteiger partial charge on any atom is -0.507 e. The third kappa shape index (κ3) is 3.06. The maximum absolute atomic E-state index is 9.44. The average Bonchev–Trinajstić information content (AvgIpc) is 2.87. The van der Waals surface area contributed by atoms with Crippen LogP contribution in [-0.2, 0) is 0 Å². The number of benzene rings is 2. The number of nitrogens with one attached hydrogen (secondary N) is 1. The highest BCUT2D eigenvalue weighted by Gasteiger charge is 2.04. The zero-order chi connectivity index (χ0) is 14.8. The Labute approximate surface area is 134 Å². The Morgan fingerprint density at radius 1 is 1.33 bits per heavy atom. The number of anilines is 1. The molecule has 3 aromatic rings. The Morgan fingerprint density at radius 3 is 2.95 bits per heavy atom. The normalized spacial score (nSPS) is 11.3. The number of hydrazone groups is 1. The number of hydrogen-bond donors (Lipinski definition) is 2. The van der Waals surface area contributed by atoms with Gasteiger partial charge in [-0.05, 0) is 58.2 Å². The van der Waals surface area contributed by atoms with E-state index < -0.39 is 0 Å². The van der Waals surface area contributed by atoms with E-state index in [-0.39, 0.29) is 5.75 Å². The molecule has 0 amide bonds. The van der Waals surface area contributed by atoms with Gasteiger partial charge in [-0.3, -0.25) is 5.43 Å². The van der Waals surface area contributed by atoms with Crippen LogP contribution in [0, 0.1) is 6.92 Å². The van der Waals surface area contributed by atoms with E-state index in [0.29, 0.717) is 4.47 Å². The molecule has 0 saturated heterocycles. The third-order valence-corrected chi connectivity index (χ3v) is 4.70. The van der Waals surface area contributed by atoms with E-state index in [9.17, 15) is 5.11 Å². The molecule has 1 heterocycles. The molecule has 3 rings (SSSR count). The molecule has 0 saturated carbocycles. The first-order valence-corrected chi connectivity index (χ1v) is 7.88. The molecule has 0 aliphatic rings. The van der Waals surface area contributed by atoms with Gasteiger partial charge in [0.05, 0.1) is 20.9 Å². The van der Waals surface area contributed by atoms with Crippen LogP contribution in [0.5, 0.6) is 5.75 Å². The molecule has 0 atom stereocenters. The van der Waals surface area contributed by atoms with Crippen LogP contribution in [0.2, 0.25) is 0 Å². The monoisotopic (exact) mass is 361 g/mol. The van der Waals surface area contributed by atoms with Crippen molar-refractivity contribution >= 4 is 48.8 Å². The zero-order valence-corrected chi connectivity index (χ0v) is 13.6. The molecule has 0 unspecified atom stereocenters. The highest BCUT2D eigenvalue weighted by Crippen LogP contribution is 2.28. The summed E-state index contributed by atoms with van der Waals surface area (Å²) < 4.78 is 1.81. The molecule has 2 N–H and O–H groups in total. The van der Waals surface area contributed by atoms with Crippen LogP contribution in [0.3, 0.4) is 0 Å². The Balaban J connectivity index is 1.78. The Kier molecular flexibility index (Phi) is 3.90. The summed E-state index contributed by atoms with van der Waals surface area (Å²) in [6, 6.07) is 11.3. The van der Waals surface area contributed by atoms with Gasteiger partial charge in [-0.1, -0.05) is 23.5 Å². The summed E-state index contributed by atoms with van der Waals surface area (Å²) in [5.74, 6) is 0.210. The number of phenols is 1. The molecule has 0 aliphatic heterocycles. The fourth-order valence-electron chi connectivity index (χ4n) is 1.90. The number of phenolic OH excluding ortho intramolecular Hbond substituents is 1. The molecule has 0 bridgehead atoms. The minimum atomic E-state index is 0.210. The second-order valence-corrected chi connectivity index (χ2v) is 6.38. The van der Waals surface area contributed by atoms with Crippen LogP contribution in [-0.4, -0.2) is 16.3 Å². The third-order valence-electron chi connectivity index (χ3n) is 2.96. The van der Waals surface area contributed by atoms with Crippen molar-refractivity contribution in [3.8, 4) is 5.75 Å². The number of thiazole rings is 1. The van der Waals surface area contributed by atoms with Gasteiger partial charge in [0.15, 0.2) is 0 Å². The zero-order valence-electron chi connectivity index (χ0n) is 11.2. The van der Waals surface area contributed by atoms with Crippen molar-refractivity contribution in [3.63, 3.8) is 0 Å². The van der Waals surface area contributed by atoms with Crippen LogP contribution in [0.1, 0.15) is 11.1 Å². The number of hydrogen-bond acceptors (Lipinski definition) is 5. The summed E-state index contributed by atoms with van der Waals surface area (Å²) >= 11 is 4.85. The molecular formula is C15H12BrN3OS. The summed E-state index contributed by atoms with van der Waals surface area (Å²) in [5.41, 5.74) is 6.01. The molecule has 2 aromatic carbocycles. The lowest BCUT2D eigenvalue weighted by Crippen LogP contribution is -1.89. The number of fused-ring (bicyclic) bond motifs is 1. The lowest BCUT2D eigenvalue weighted by atomic mass is 10.2. The first-order chi connectivity index (χ1) is 10.1. The molecule has 0 radical (unpaired) electrons. The van der Waals surface area contributed by atoms with Crippen LogP contribution >= 0.6 is 27.3 Å². The van der Waals surface area contributed by atoms with E-state index in [1.807, 2.05) is 12.1 Å². The standard InChI is InChI=1S/C15H12BrN3OS/c1-9-3-2-4-12-14(9)21-15(18-12)19-17-8-10-5-6-13(20)11(16)7-10/h2-8,20H,1H3,(H,18,19)/b17-8-. The lowest BCUT2D eigenvalue weighted by molar-refractivity contribution is 0.472. The van der Waals surface area contributed by atoms with Gasteiger partial charge < -0.3 is 5.11 Å². The van der Waals surface area contributed by atoms with Gasteiger partial charge in [0.1, 0.15) is 5.75 Å². The summed E-state index contributed by atoms with van der Waals surface area (Å²) in [4.78, 5) is 4.48. The predicted octanol–water partition coefficient (Wildman–Crippen LogP) is 4.52. The second kappa shape index (κ2) is 5.83. The van der Waals surface area contributed by atoms with Gasteiger partial charge in [0, 0.05) is 0 Å². The van der Waals surface area contributed by atoms with Crippen molar-refractivity contribution in [2.24, 2.45) is 5.10 Å². The van der Waals surface area contributed by atoms with E-state index in [1.165, 1.54) is 10.3 Å². The molecule has 0 spiro atoms. The van der Waals surface area contributed by atoms with E-state index in [0.717, 1.165) is 16.2 Å². The second-order valence-electron chi connectivity index (χ2n) is 4.52. The quantitative estimate of drug-likeness (QED) is 0.532. The maximum atomic E-state index is 9.44. The topological polar surface area (TPSA) is 57.5 Å². The molecule has 0 fully saturated rings. The van der Waals surface area contributed by atoms with Gasteiger partial charge >= 0.3 is 0 Å². The van der Waals surface area contributed by atoms with Crippen molar-refractivity contribution < 1.29 is 5.11 Å². The first-order valence-electron chi connectivity index (χ1n) is 6.27. The van der Waals surface area contributed by atoms with E-state index in [4.69, 9.17) is 0 Å². The largest absolute Gasteiger partial charge is 0.507 e. The average molecular weight is 362 g/mol. The Hall–Kier alpha value is -1.92. The fraction of sp³-hybridized carbons (Fsp3) is 0.0667. The Bertz CT molecular complexity index is 829. The summed E-state index contributed by atoms with van der Waals surface area (Å²) in [6.07, 6.45) is 1.68. The van der Waals surface area contributed by atoms with Gasteiger partial charge in [0.25, 0.3) is 0 Å². The van der Waals surface area contributed by atoms with Gasteiger partial charge in [-0.15, -0.1) is 0 Å². The number of rotatable bonds is 3. The van der Waals surface area contributed by atoms with Crippen LogP contribution in [0.4, 0.5) is 5.13 Å². The van der Waals surface area contributed by atoms with Crippen molar-refractivity contribution in [3.05, 3.63) is 52.0 Å². The Morgan fingerprint density at radius 2 is 2.19 bits per heavy atom. The molecule has 4 nitrogen and oxygen atoms in total. The number of aromatic hydroxyl groups is 1. The van der Waals surface area contributed by atoms with Crippen molar-refractivity contribution in [1.29, 1.82) is 0 Å². The molecular weight excluding hydrogens is 350 g/mol. The number of halogens is 1. The molecule has 0 aliphatic carbocycles. The summed E-state index contributed by atoms with van der Waals surface area (Å²) in [6.45, 7) is 2.07. The minimum absolute atomic E-state index is 0.210. The highest BCUT2D eigenvalue weighted by atomic mass is 79.9. The molecule has 1 aromatic heterocycles. The van der Waals surface area contributed by atoms with E-state index in [1.54, 1.807) is 35.8 Å². The van der Waals surface area contributed by atoms with Crippen LogP contribution < -0.4 is 5.43 Å². The fourth-order valence-corrected chi connectivity index (χ4v) is 3.18. The molecule has 6 heteroatoms. The van der Waals surface area contributed by atoms with Gasteiger partial charge in [-0.25, -0.2) is 4.98 Å². The summed E-state index contributed by atoms with van der Waals surface area (Å²) in [5, 5.41) is 14.4. The molecule has 21 heavy (non-hydrogen) atoms. The number of nitrogens with zero attached hydrogens (tertiary/aromatic N) is 2.